The van der Waals surface area contributed by atoms with Crippen LogP contribution in [0, 0.1) is 0 Å². The van der Waals surface area contributed by atoms with E-state index in [0.29, 0.717) is 30.8 Å². The number of hydrogen-bond donors (Lipinski definition) is 1. The summed E-state index contributed by atoms with van der Waals surface area (Å²) in [5.74, 6) is -1.36. The standard InChI is InChI=1S/C24H19Cl2F3N2O4/c25-18-12-19(26)22(32)31(10-7-14-1-3-16(4-2-14)23(33)34)21(18)13-30-9-8-15-5-6-17(11-20(15)30)35-24(27,28)29/h1-6,11-12H,7-10,13H2,(H,33,34). The van der Waals surface area contributed by atoms with Crippen LogP contribution in [-0.4, -0.2) is 28.6 Å². The van der Waals surface area contributed by atoms with Gasteiger partial charge in [-0.05, 0) is 48.2 Å². The Hall–Kier alpha value is -3.17. The Balaban J connectivity index is 1.61. The zero-order valence-electron chi connectivity index (χ0n) is 18.1. The second kappa shape index (κ2) is 9.83. The Morgan fingerprint density at radius 2 is 1.77 bits per heavy atom. The van der Waals surface area contributed by atoms with Crippen LogP contribution in [0.5, 0.6) is 5.75 Å². The summed E-state index contributed by atoms with van der Waals surface area (Å²) in [6.07, 6.45) is -3.78. The lowest BCUT2D eigenvalue weighted by Crippen LogP contribution is -2.30. The van der Waals surface area contributed by atoms with Crippen molar-refractivity contribution in [3.8, 4) is 5.75 Å². The van der Waals surface area contributed by atoms with Gasteiger partial charge in [0.2, 0.25) is 0 Å². The summed E-state index contributed by atoms with van der Waals surface area (Å²) >= 11 is 12.5. The molecule has 0 fully saturated rings. The van der Waals surface area contributed by atoms with E-state index < -0.39 is 17.9 Å². The van der Waals surface area contributed by atoms with E-state index >= 15 is 0 Å². The number of hydrogen-bond acceptors (Lipinski definition) is 4. The molecule has 0 amide bonds. The highest BCUT2D eigenvalue weighted by molar-refractivity contribution is 6.34. The highest BCUT2D eigenvalue weighted by atomic mass is 35.5. The van der Waals surface area contributed by atoms with Crippen molar-refractivity contribution in [3.05, 3.63) is 91.3 Å². The predicted molar refractivity (Wildman–Crippen MR) is 126 cm³/mol. The first kappa shape index (κ1) is 24.9. The molecule has 35 heavy (non-hydrogen) atoms. The molecule has 4 rings (SSSR count). The number of rotatable bonds is 7. The Kier molecular flexibility index (Phi) is 7.00. The maximum absolute atomic E-state index is 12.9. The molecule has 1 aromatic heterocycles. The number of aromatic carboxylic acids is 1. The molecule has 0 spiro atoms. The maximum Gasteiger partial charge on any atom is 0.573 e. The molecule has 2 heterocycles. The van der Waals surface area contributed by atoms with Gasteiger partial charge in [0.1, 0.15) is 10.8 Å². The molecule has 0 aliphatic carbocycles. The first-order valence-electron chi connectivity index (χ1n) is 10.6. The Morgan fingerprint density at radius 1 is 1.06 bits per heavy atom. The Labute approximate surface area is 208 Å². The smallest absolute Gasteiger partial charge is 0.478 e. The third kappa shape index (κ3) is 5.74. The normalized spacial score (nSPS) is 13.1. The van der Waals surface area contributed by atoms with E-state index in [-0.39, 0.29) is 34.4 Å². The van der Waals surface area contributed by atoms with Crippen molar-refractivity contribution in [1.29, 1.82) is 0 Å². The van der Waals surface area contributed by atoms with Crippen LogP contribution >= 0.6 is 23.2 Å². The molecule has 0 radical (unpaired) electrons. The molecule has 3 aromatic rings. The van der Waals surface area contributed by atoms with Crippen LogP contribution < -0.4 is 15.2 Å². The van der Waals surface area contributed by atoms with Gasteiger partial charge < -0.3 is 19.3 Å². The molecular formula is C24H19Cl2F3N2O4. The van der Waals surface area contributed by atoms with Gasteiger partial charge in [-0.3, -0.25) is 4.79 Å². The van der Waals surface area contributed by atoms with Crippen LogP contribution in [0.4, 0.5) is 18.9 Å². The summed E-state index contributed by atoms with van der Waals surface area (Å²) in [4.78, 5) is 25.8. The number of fused-ring (bicyclic) bond motifs is 1. The summed E-state index contributed by atoms with van der Waals surface area (Å²) in [5.41, 5.74) is 2.42. The fraction of sp³-hybridized carbons (Fsp3) is 0.250. The van der Waals surface area contributed by atoms with Crippen molar-refractivity contribution in [2.45, 2.75) is 32.3 Å². The first-order valence-corrected chi connectivity index (χ1v) is 11.3. The van der Waals surface area contributed by atoms with Gasteiger partial charge in [0.25, 0.3) is 5.56 Å². The van der Waals surface area contributed by atoms with E-state index in [4.69, 9.17) is 28.3 Å². The largest absolute Gasteiger partial charge is 0.573 e. The molecule has 2 aromatic carbocycles. The van der Waals surface area contributed by atoms with Gasteiger partial charge in [0.05, 0.1) is 22.8 Å². The highest BCUT2D eigenvalue weighted by Crippen LogP contribution is 2.35. The molecule has 0 saturated heterocycles. The number of anilines is 1. The minimum atomic E-state index is -4.81. The molecule has 0 atom stereocenters. The lowest BCUT2D eigenvalue weighted by Gasteiger charge is -2.24. The molecule has 0 unspecified atom stereocenters. The molecule has 0 saturated carbocycles. The molecule has 184 valence electrons. The topological polar surface area (TPSA) is 71.8 Å². The van der Waals surface area contributed by atoms with Crippen LogP contribution in [0.3, 0.4) is 0 Å². The van der Waals surface area contributed by atoms with Gasteiger partial charge in [-0.25, -0.2) is 4.79 Å². The molecular weight excluding hydrogens is 508 g/mol. The fourth-order valence-electron chi connectivity index (χ4n) is 4.06. The van der Waals surface area contributed by atoms with Crippen LogP contribution in [0.25, 0.3) is 0 Å². The minimum Gasteiger partial charge on any atom is -0.478 e. The van der Waals surface area contributed by atoms with E-state index in [1.54, 1.807) is 18.2 Å². The maximum atomic E-state index is 12.9. The van der Waals surface area contributed by atoms with Gasteiger partial charge in [-0.15, -0.1) is 13.2 Å². The van der Waals surface area contributed by atoms with Crippen LogP contribution in [-0.2, 0) is 25.9 Å². The number of ether oxygens (including phenoxy) is 1. The van der Waals surface area contributed by atoms with Crippen molar-refractivity contribution in [2.24, 2.45) is 0 Å². The lowest BCUT2D eigenvalue weighted by atomic mass is 10.1. The average Bonchev–Trinajstić information content (AvgIpc) is 3.18. The highest BCUT2D eigenvalue weighted by Gasteiger charge is 2.32. The summed E-state index contributed by atoms with van der Waals surface area (Å²) in [5, 5.41) is 9.26. The summed E-state index contributed by atoms with van der Waals surface area (Å²) in [6, 6.07) is 11.8. The number of aryl methyl sites for hydroxylation is 1. The number of nitrogens with zero attached hydrogens (tertiary/aromatic N) is 2. The van der Waals surface area contributed by atoms with E-state index in [1.165, 1.54) is 34.9 Å². The monoisotopic (exact) mass is 526 g/mol. The number of halogens is 5. The number of carboxylic acids is 1. The van der Waals surface area contributed by atoms with E-state index in [9.17, 15) is 22.8 Å². The van der Waals surface area contributed by atoms with Gasteiger partial charge in [-0.1, -0.05) is 41.4 Å². The number of carboxylic acid groups (broad SMARTS) is 1. The summed E-state index contributed by atoms with van der Waals surface area (Å²) in [6.45, 7) is 0.916. The zero-order valence-corrected chi connectivity index (χ0v) is 19.6. The van der Waals surface area contributed by atoms with Crippen molar-refractivity contribution >= 4 is 34.9 Å². The summed E-state index contributed by atoms with van der Waals surface area (Å²) in [7, 11) is 0. The van der Waals surface area contributed by atoms with E-state index in [0.717, 1.165) is 11.1 Å². The van der Waals surface area contributed by atoms with Gasteiger partial charge in [0, 0.05) is 24.8 Å². The lowest BCUT2D eigenvalue weighted by molar-refractivity contribution is -0.274. The van der Waals surface area contributed by atoms with Crippen molar-refractivity contribution in [3.63, 3.8) is 0 Å². The predicted octanol–water partition coefficient (Wildman–Crippen LogP) is 5.56. The molecule has 11 heteroatoms. The number of carbonyl (C=O) groups is 1. The Bertz CT molecular complexity index is 1320. The van der Waals surface area contributed by atoms with Crippen LogP contribution in [0.2, 0.25) is 10.0 Å². The number of aromatic nitrogens is 1. The third-order valence-electron chi connectivity index (χ3n) is 5.75. The third-order valence-corrected chi connectivity index (χ3v) is 6.35. The molecule has 0 bridgehead atoms. The van der Waals surface area contributed by atoms with Crippen molar-refractivity contribution < 1.29 is 27.8 Å². The number of pyridine rings is 1. The second-order valence-corrected chi connectivity index (χ2v) is 8.82. The average molecular weight is 527 g/mol. The van der Waals surface area contributed by atoms with Crippen molar-refractivity contribution in [1.82, 2.24) is 4.57 Å². The minimum absolute atomic E-state index is 0.0531. The first-order chi connectivity index (χ1) is 16.5. The van der Waals surface area contributed by atoms with Gasteiger partial charge in [0.15, 0.2) is 0 Å². The molecule has 1 aliphatic heterocycles. The number of alkyl halides is 3. The second-order valence-electron chi connectivity index (χ2n) is 8.01. The molecule has 1 aliphatic rings. The SMILES string of the molecule is O=C(O)c1ccc(CCn2c(CN3CCc4ccc(OC(F)(F)F)cc43)c(Cl)cc(Cl)c2=O)cc1. The fourth-order valence-corrected chi connectivity index (χ4v) is 4.59. The molecule has 1 N–H and O–H groups in total. The number of benzene rings is 2. The van der Waals surface area contributed by atoms with Gasteiger partial charge >= 0.3 is 12.3 Å². The van der Waals surface area contributed by atoms with E-state index in [1.807, 2.05) is 4.90 Å². The van der Waals surface area contributed by atoms with E-state index in [2.05, 4.69) is 4.74 Å². The van der Waals surface area contributed by atoms with Crippen LogP contribution in [0.15, 0.2) is 53.3 Å². The van der Waals surface area contributed by atoms with Crippen LogP contribution in [0.1, 0.15) is 27.2 Å². The Morgan fingerprint density at radius 3 is 2.43 bits per heavy atom. The summed E-state index contributed by atoms with van der Waals surface area (Å²) < 4.78 is 43.5. The van der Waals surface area contributed by atoms with Crippen molar-refractivity contribution in [2.75, 3.05) is 11.4 Å². The molecule has 6 nitrogen and oxygen atoms in total. The van der Waals surface area contributed by atoms with Gasteiger partial charge in [-0.2, -0.15) is 0 Å². The quantitative estimate of drug-likeness (QED) is 0.436. The zero-order chi connectivity index (χ0) is 25.3.